The van der Waals surface area contributed by atoms with E-state index < -0.39 is 7.65 Å². The van der Waals surface area contributed by atoms with Crippen molar-refractivity contribution in [2.24, 2.45) is 0 Å². The maximum Gasteiger partial charge on any atom is 0.597 e. The first-order chi connectivity index (χ1) is 11.7. The van der Waals surface area contributed by atoms with Gasteiger partial charge in [-0.1, -0.05) is 59.7 Å². The van der Waals surface area contributed by atoms with Gasteiger partial charge in [-0.2, -0.15) is 0 Å². The van der Waals surface area contributed by atoms with Gasteiger partial charge >= 0.3 is 7.65 Å². The van der Waals surface area contributed by atoms with E-state index in [4.69, 9.17) is 4.20 Å². The highest BCUT2D eigenvalue weighted by atomic mass is 31.1. The quantitative estimate of drug-likeness (QED) is 0.449. The van der Waals surface area contributed by atoms with Crippen LogP contribution < -0.4 is 0 Å². The molecule has 3 heteroatoms. The molecule has 1 unspecified atom stereocenters. The van der Waals surface area contributed by atoms with E-state index in [-0.39, 0.29) is 10.8 Å². The fourth-order valence-electron chi connectivity index (χ4n) is 3.21. The van der Waals surface area contributed by atoms with Gasteiger partial charge < -0.3 is 0 Å². The Morgan fingerprint density at radius 2 is 1.56 bits per heavy atom. The minimum absolute atomic E-state index is 0.0353. The van der Waals surface area contributed by atoms with Crippen molar-refractivity contribution >= 4 is 29.1 Å². The summed E-state index contributed by atoms with van der Waals surface area (Å²) in [6, 6.07) is 12.4. The summed E-state index contributed by atoms with van der Waals surface area (Å²) >= 11 is 0. The molecule has 0 aliphatic heterocycles. The van der Waals surface area contributed by atoms with Gasteiger partial charge in [0.25, 0.3) is 0 Å². The van der Waals surface area contributed by atoms with Crippen molar-refractivity contribution in [1.82, 2.24) is 0 Å². The third kappa shape index (κ3) is 3.02. The lowest BCUT2D eigenvalue weighted by Crippen LogP contribution is -2.20. The van der Waals surface area contributed by atoms with E-state index in [2.05, 4.69) is 59.7 Å². The zero-order chi connectivity index (χ0) is 18.4. The molecule has 0 bridgehead atoms. The van der Waals surface area contributed by atoms with Crippen molar-refractivity contribution in [3.05, 3.63) is 47.5 Å². The Kier molecular flexibility index (Phi) is 4.54. The van der Waals surface area contributed by atoms with Crippen LogP contribution in [0, 0.1) is 0 Å². The van der Waals surface area contributed by atoms with Crippen LogP contribution in [0.3, 0.4) is 0 Å². The van der Waals surface area contributed by atoms with Crippen molar-refractivity contribution in [1.29, 1.82) is 0 Å². The van der Waals surface area contributed by atoms with Crippen molar-refractivity contribution in [3.63, 3.8) is 0 Å². The molecule has 0 saturated carbocycles. The Morgan fingerprint density at radius 1 is 0.920 bits per heavy atom. The van der Waals surface area contributed by atoms with Gasteiger partial charge in [-0.3, -0.25) is 0 Å². The lowest BCUT2D eigenvalue weighted by atomic mass is 9.75. The molecule has 1 heterocycles. The average Bonchev–Trinajstić information content (AvgIpc) is 2.61. The van der Waals surface area contributed by atoms with Gasteiger partial charge in [0.2, 0.25) is 5.12 Å². The highest BCUT2D eigenvalue weighted by Gasteiger charge is 2.30. The first-order valence-corrected chi connectivity index (χ1v) is 10.3. The minimum atomic E-state index is -1.85. The fraction of sp³-hybridized carbons (Fsp3) is 0.455. The van der Waals surface area contributed by atoms with Gasteiger partial charge in [-0.25, -0.2) is 4.20 Å². The van der Waals surface area contributed by atoms with Crippen LogP contribution in [0.25, 0.3) is 21.5 Å². The molecule has 0 radical (unpaired) electrons. The lowest BCUT2D eigenvalue weighted by Gasteiger charge is -2.29. The molecule has 0 aliphatic rings. The third-order valence-corrected chi connectivity index (χ3v) is 7.06. The van der Waals surface area contributed by atoms with E-state index in [0.29, 0.717) is 0 Å². The molecule has 0 aliphatic carbocycles. The van der Waals surface area contributed by atoms with Crippen LogP contribution in [0.15, 0.2) is 40.6 Å². The van der Waals surface area contributed by atoms with Gasteiger partial charge in [-0.05, 0) is 52.0 Å². The molecule has 0 amide bonds. The summed E-state index contributed by atoms with van der Waals surface area (Å²) in [6.07, 6.45) is 2.06. The van der Waals surface area contributed by atoms with Crippen LogP contribution >= 0.6 is 7.65 Å². The van der Waals surface area contributed by atoms with Crippen molar-refractivity contribution in [3.8, 4) is 0 Å². The summed E-state index contributed by atoms with van der Waals surface area (Å²) in [6.45, 7) is 13.5. The summed E-state index contributed by atoms with van der Waals surface area (Å²) < 4.78 is 18.7. The van der Waals surface area contributed by atoms with Crippen molar-refractivity contribution in [2.45, 2.75) is 65.2 Å². The Labute approximate surface area is 151 Å². The van der Waals surface area contributed by atoms with Gasteiger partial charge in [-0.15, -0.1) is 0 Å². The van der Waals surface area contributed by atoms with Crippen molar-refractivity contribution < 1.29 is 8.76 Å². The largest absolute Gasteiger partial charge is 0.597 e. The molecule has 2 nitrogen and oxygen atoms in total. The van der Waals surface area contributed by atoms with Gasteiger partial charge in [0.05, 0.1) is 0 Å². The maximum absolute atomic E-state index is 12.7. The predicted octanol–water partition coefficient (Wildman–Crippen LogP) is 7.70. The van der Waals surface area contributed by atoms with E-state index in [0.717, 1.165) is 34.3 Å². The fourth-order valence-corrected chi connectivity index (χ4v) is 4.27. The number of hydrogen-bond acceptors (Lipinski definition) is 2. The first-order valence-electron chi connectivity index (χ1n) is 9.15. The molecule has 0 spiro atoms. The summed E-state index contributed by atoms with van der Waals surface area (Å²) in [5.41, 5.74) is 3.35. The Morgan fingerprint density at radius 3 is 2.20 bits per heavy atom. The third-order valence-electron chi connectivity index (χ3n) is 5.93. The molecular weight excluding hydrogens is 327 g/mol. The number of benzene rings is 2. The Balaban J connectivity index is 2.54. The summed E-state index contributed by atoms with van der Waals surface area (Å²) in [5.74, 6) is 0. The molecule has 0 saturated heterocycles. The smallest absolute Gasteiger partial charge is 0.249 e. The molecule has 1 aromatic heterocycles. The van der Waals surface area contributed by atoms with Crippen molar-refractivity contribution in [2.75, 3.05) is 0 Å². The molecule has 1 atom stereocenters. The second kappa shape index (κ2) is 6.25. The first kappa shape index (κ1) is 18.1. The molecular formula is C22H28O2P+. The second-order valence-electron chi connectivity index (χ2n) is 8.24. The average molecular weight is 355 g/mol. The van der Waals surface area contributed by atoms with E-state index >= 15 is 0 Å². The van der Waals surface area contributed by atoms with Crippen LogP contribution in [0.5, 0.6) is 0 Å². The molecule has 3 rings (SSSR count). The van der Waals surface area contributed by atoms with Crippen LogP contribution in [0.4, 0.5) is 0 Å². The van der Waals surface area contributed by atoms with Crippen LogP contribution in [-0.2, 0) is 15.4 Å². The van der Waals surface area contributed by atoms with E-state index in [1.807, 2.05) is 18.2 Å². The predicted molar refractivity (Wildman–Crippen MR) is 108 cm³/mol. The van der Waals surface area contributed by atoms with Crippen LogP contribution in [0.1, 0.15) is 65.5 Å². The monoisotopic (exact) mass is 355 g/mol. The Hall–Kier alpha value is -1.66. The molecule has 2 aromatic carbocycles. The molecule has 25 heavy (non-hydrogen) atoms. The highest BCUT2D eigenvalue weighted by molar-refractivity contribution is 7.37. The zero-order valence-electron chi connectivity index (χ0n) is 16.1. The second-order valence-corrected chi connectivity index (χ2v) is 9.42. The highest BCUT2D eigenvalue weighted by Crippen LogP contribution is 2.43. The summed E-state index contributed by atoms with van der Waals surface area (Å²) in [7, 11) is -1.85. The summed E-state index contributed by atoms with van der Waals surface area (Å²) in [5, 5.41) is 2.93. The molecule has 3 aromatic rings. The molecule has 132 valence electrons. The lowest BCUT2D eigenvalue weighted by molar-refractivity contribution is 0.486. The molecule has 0 fully saturated rings. The van der Waals surface area contributed by atoms with E-state index in [1.54, 1.807) is 0 Å². The van der Waals surface area contributed by atoms with Gasteiger partial charge in [0.15, 0.2) is 5.58 Å². The topological polar surface area (TPSA) is 30.2 Å². The number of rotatable bonds is 4. The number of hydrogen-bond donors (Lipinski definition) is 0. The minimum Gasteiger partial charge on any atom is -0.249 e. The van der Waals surface area contributed by atoms with E-state index in [9.17, 15) is 4.57 Å². The van der Waals surface area contributed by atoms with E-state index in [1.165, 1.54) is 11.1 Å². The van der Waals surface area contributed by atoms with Crippen LogP contribution in [0.2, 0.25) is 0 Å². The normalized spacial score (nSPS) is 13.6. The Bertz CT molecular complexity index is 996. The summed E-state index contributed by atoms with van der Waals surface area (Å²) in [4.78, 5) is 0. The van der Waals surface area contributed by atoms with Crippen LogP contribution in [-0.4, -0.2) is 0 Å². The number of fused-ring (bicyclic) bond motifs is 3. The maximum atomic E-state index is 12.7. The zero-order valence-corrected chi connectivity index (χ0v) is 17.0. The van der Waals surface area contributed by atoms with Gasteiger partial charge in [0, 0.05) is 16.3 Å². The standard InChI is InChI=1S/C22H28O2P/c1-7-21(3,4)15-13-17-16-11-9-10-12-19(16)25(23)24-20(17)18(14-15)22(5,6)8-2/h9-14H,7-8H2,1-6H3/q+1. The SMILES string of the molecule is CCC(C)(C)c1cc(C(C)(C)CC)c2o[p+](=O)c3ccccc3c2c1. The molecule has 0 N–H and O–H groups in total. The van der Waals surface area contributed by atoms with Gasteiger partial charge in [0.1, 0.15) is 0 Å².